The number of nitrogens with one attached hydrogen (secondary N) is 4. The van der Waals surface area contributed by atoms with Gasteiger partial charge >= 0.3 is 6.18 Å². The Bertz CT molecular complexity index is 1440. The molecule has 1 saturated heterocycles. The highest BCUT2D eigenvalue weighted by Gasteiger charge is 2.44. The van der Waals surface area contributed by atoms with Gasteiger partial charge < -0.3 is 25.4 Å². The van der Waals surface area contributed by atoms with E-state index in [-0.39, 0.29) is 48.2 Å². The number of anilines is 2. The van der Waals surface area contributed by atoms with Crippen molar-refractivity contribution in [3.63, 3.8) is 0 Å². The summed E-state index contributed by atoms with van der Waals surface area (Å²) in [6.07, 6.45) is -3.26. The second kappa shape index (κ2) is 11.3. The third-order valence-corrected chi connectivity index (χ3v) is 6.39. The number of aromatic nitrogens is 2. The van der Waals surface area contributed by atoms with Crippen LogP contribution in [0.2, 0.25) is 5.02 Å². The number of hydrogen-bond donors (Lipinski definition) is 4. The number of ether oxygens (including phenoxy) is 2. The largest absolute Gasteiger partial charge is 0.497 e. The molecule has 1 fully saturated rings. The molecule has 2 amide bonds. The van der Waals surface area contributed by atoms with Crippen LogP contribution in [0.4, 0.5) is 24.5 Å². The Hall–Kier alpha value is -4.10. The lowest BCUT2D eigenvalue weighted by atomic mass is 9.96. The second-order valence-electron chi connectivity index (χ2n) is 8.70. The zero-order valence-corrected chi connectivity index (χ0v) is 21.2. The molecule has 1 aromatic heterocycles. The van der Waals surface area contributed by atoms with Crippen LogP contribution in [0.1, 0.15) is 27.9 Å². The molecule has 14 heteroatoms. The van der Waals surface area contributed by atoms with Gasteiger partial charge in [-0.25, -0.2) is 5.10 Å². The van der Waals surface area contributed by atoms with E-state index in [1.54, 1.807) is 6.07 Å². The van der Waals surface area contributed by atoms with Gasteiger partial charge in [-0.05, 0) is 35.9 Å². The fraction of sp³-hybridized carbons (Fsp3) is 0.280. The Kier molecular flexibility index (Phi) is 8.11. The van der Waals surface area contributed by atoms with Crippen LogP contribution in [-0.4, -0.2) is 47.9 Å². The number of H-pyrrole nitrogens is 1. The van der Waals surface area contributed by atoms with E-state index in [0.717, 1.165) is 18.3 Å². The number of rotatable bonds is 8. The van der Waals surface area contributed by atoms with Crippen molar-refractivity contribution in [2.24, 2.45) is 0 Å². The maximum atomic E-state index is 13.5. The summed E-state index contributed by atoms with van der Waals surface area (Å²) in [6.45, 7) is 0.118. The number of amides is 2. The Morgan fingerprint density at radius 2 is 2.00 bits per heavy atom. The number of carbonyl (C=O) groups excluding carboxylic acids is 2. The van der Waals surface area contributed by atoms with Crippen LogP contribution in [0.3, 0.4) is 0 Å². The van der Waals surface area contributed by atoms with Crippen LogP contribution in [0, 0.1) is 0 Å². The van der Waals surface area contributed by atoms with E-state index in [1.165, 1.54) is 31.4 Å². The predicted octanol–water partition coefficient (Wildman–Crippen LogP) is 3.40. The molecule has 4 N–H and O–H groups in total. The molecule has 2 heterocycles. The minimum atomic E-state index is -4.62. The third kappa shape index (κ3) is 6.49. The molecule has 39 heavy (non-hydrogen) atoms. The lowest BCUT2D eigenvalue weighted by Crippen LogP contribution is -2.59. The van der Waals surface area contributed by atoms with Gasteiger partial charge in [0.15, 0.2) is 0 Å². The van der Waals surface area contributed by atoms with Crippen LogP contribution < -0.4 is 26.2 Å². The van der Waals surface area contributed by atoms with Gasteiger partial charge in [-0.1, -0.05) is 17.7 Å². The zero-order valence-electron chi connectivity index (χ0n) is 20.4. The number of methoxy groups -OCH3 is 1. The Labute approximate surface area is 224 Å². The van der Waals surface area contributed by atoms with Gasteiger partial charge in [0.25, 0.3) is 11.5 Å². The third-order valence-electron chi connectivity index (χ3n) is 6.04. The van der Waals surface area contributed by atoms with Gasteiger partial charge in [-0.2, -0.15) is 18.3 Å². The van der Waals surface area contributed by atoms with Gasteiger partial charge in [0, 0.05) is 36.3 Å². The Balaban J connectivity index is 1.45. The van der Waals surface area contributed by atoms with E-state index in [2.05, 4.69) is 26.1 Å². The Morgan fingerprint density at radius 3 is 2.64 bits per heavy atom. The highest BCUT2D eigenvalue weighted by Crippen LogP contribution is 2.38. The number of alkyl halides is 3. The van der Waals surface area contributed by atoms with Crippen LogP contribution in [0.5, 0.6) is 5.75 Å². The lowest BCUT2D eigenvalue weighted by Gasteiger charge is -2.27. The summed E-state index contributed by atoms with van der Waals surface area (Å²) in [7, 11) is 1.28. The fourth-order valence-electron chi connectivity index (χ4n) is 3.95. The SMILES string of the molecule is COc1ccc(Nc2ccc(CNC(=O)[C@]3(NC(=O)c4cn[nH]c(=O)c4)CCOC3)c(Cl)c2)c(C(F)(F)F)c1. The van der Waals surface area contributed by atoms with Crippen molar-refractivity contribution in [3.05, 3.63) is 80.7 Å². The minimum absolute atomic E-state index is 0.0190. The molecule has 0 radical (unpaired) electrons. The van der Waals surface area contributed by atoms with Crippen molar-refractivity contribution in [3.8, 4) is 5.75 Å². The molecule has 2 aromatic carbocycles. The molecule has 0 spiro atoms. The number of hydrogen-bond acceptors (Lipinski definition) is 7. The summed E-state index contributed by atoms with van der Waals surface area (Å²) < 4.78 is 50.8. The number of nitrogens with zero attached hydrogens (tertiary/aromatic N) is 1. The molecule has 10 nitrogen and oxygen atoms in total. The summed E-state index contributed by atoms with van der Waals surface area (Å²) in [6, 6.07) is 9.11. The van der Waals surface area contributed by atoms with Crippen LogP contribution in [-0.2, 0) is 22.3 Å². The second-order valence-corrected chi connectivity index (χ2v) is 9.10. The first-order valence-electron chi connectivity index (χ1n) is 11.5. The molecule has 0 bridgehead atoms. The molecule has 4 rings (SSSR count). The number of benzene rings is 2. The topological polar surface area (TPSA) is 134 Å². The molecule has 1 aliphatic heterocycles. The summed E-state index contributed by atoms with van der Waals surface area (Å²) >= 11 is 6.36. The molecule has 0 saturated carbocycles. The normalized spacial score (nSPS) is 16.9. The summed E-state index contributed by atoms with van der Waals surface area (Å²) in [5, 5.41) is 14.0. The first-order chi connectivity index (χ1) is 18.5. The van der Waals surface area contributed by atoms with Gasteiger partial charge in [-0.15, -0.1) is 0 Å². The summed E-state index contributed by atoms with van der Waals surface area (Å²) in [4.78, 5) is 37.2. The van der Waals surface area contributed by atoms with E-state index in [0.29, 0.717) is 11.3 Å². The lowest BCUT2D eigenvalue weighted by molar-refractivity contribution is -0.137. The van der Waals surface area contributed by atoms with Crippen molar-refractivity contribution < 1.29 is 32.2 Å². The Morgan fingerprint density at radius 1 is 1.21 bits per heavy atom. The predicted molar refractivity (Wildman–Crippen MR) is 135 cm³/mol. The molecule has 0 unspecified atom stereocenters. The molecule has 1 atom stereocenters. The van der Waals surface area contributed by atoms with E-state index < -0.39 is 34.7 Å². The van der Waals surface area contributed by atoms with Crippen molar-refractivity contribution in [2.45, 2.75) is 24.7 Å². The van der Waals surface area contributed by atoms with Gasteiger partial charge in [0.1, 0.15) is 11.3 Å². The van der Waals surface area contributed by atoms with E-state index in [1.807, 2.05) is 0 Å². The summed E-state index contributed by atoms with van der Waals surface area (Å²) in [5.74, 6) is -1.13. The van der Waals surface area contributed by atoms with Crippen molar-refractivity contribution >= 4 is 34.8 Å². The number of carbonyl (C=O) groups is 2. The van der Waals surface area contributed by atoms with Gasteiger partial charge in [0.2, 0.25) is 5.91 Å². The summed E-state index contributed by atoms with van der Waals surface area (Å²) in [5.41, 5.74) is -2.28. The zero-order chi connectivity index (χ0) is 28.2. The highest BCUT2D eigenvalue weighted by molar-refractivity contribution is 6.31. The monoisotopic (exact) mass is 565 g/mol. The van der Waals surface area contributed by atoms with Gasteiger partial charge in [0.05, 0.1) is 36.7 Å². The fourth-order valence-corrected chi connectivity index (χ4v) is 4.20. The molecule has 206 valence electrons. The van der Waals surface area contributed by atoms with Crippen molar-refractivity contribution in [2.75, 3.05) is 25.6 Å². The average Bonchev–Trinajstić information content (AvgIpc) is 3.37. The highest BCUT2D eigenvalue weighted by atomic mass is 35.5. The molecule has 0 aliphatic carbocycles. The maximum absolute atomic E-state index is 13.5. The van der Waals surface area contributed by atoms with Crippen LogP contribution >= 0.6 is 11.6 Å². The van der Waals surface area contributed by atoms with E-state index in [9.17, 15) is 27.6 Å². The quantitative estimate of drug-likeness (QED) is 0.329. The maximum Gasteiger partial charge on any atom is 0.418 e. The molecule has 1 aliphatic rings. The average molecular weight is 566 g/mol. The molecule has 3 aromatic rings. The van der Waals surface area contributed by atoms with Crippen molar-refractivity contribution in [1.82, 2.24) is 20.8 Å². The smallest absolute Gasteiger partial charge is 0.418 e. The molecular formula is C25H23ClF3N5O5. The molecular weight excluding hydrogens is 543 g/mol. The van der Waals surface area contributed by atoms with Crippen LogP contribution in [0.15, 0.2) is 53.5 Å². The van der Waals surface area contributed by atoms with E-state index in [4.69, 9.17) is 21.1 Å². The number of aromatic amines is 1. The van der Waals surface area contributed by atoms with Crippen molar-refractivity contribution in [1.29, 1.82) is 0 Å². The van der Waals surface area contributed by atoms with Crippen LogP contribution in [0.25, 0.3) is 0 Å². The van der Waals surface area contributed by atoms with E-state index >= 15 is 0 Å². The minimum Gasteiger partial charge on any atom is -0.497 e. The van der Waals surface area contributed by atoms with Gasteiger partial charge in [-0.3, -0.25) is 14.4 Å². The first-order valence-corrected chi connectivity index (χ1v) is 11.9. The number of halogens is 4. The standard InChI is InChI=1S/C25H23ClF3N5O5/c1-38-17-4-5-20(18(10-17)25(27,28)29)32-16-3-2-14(19(26)9-16)11-30-23(37)24(6-7-39-13-24)33-22(36)15-8-21(35)34-31-12-15/h2-5,8-10,12,32H,6-7,11,13H2,1H3,(H,30,37)(H,33,36)(H,34,35)/t24-/m0/s1. The first kappa shape index (κ1) is 27.9.